The number of rotatable bonds is 6. The van der Waals surface area contributed by atoms with Crippen molar-refractivity contribution in [2.24, 2.45) is 0 Å². The number of aryl methyl sites for hydroxylation is 1. The molecule has 0 bridgehead atoms. The van der Waals surface area contributed by atoms with Gasteiger partial charge in [-0.05, 0) is 57.3 Å². The highest BCUT2D eigenvalue weighted by Crippen LogP contribution is 2.13. The van der Waals surface area contributed by atoms with Gasteiger partial charge in [0.15, 0.2) is 0 Å². The predicted octanol–water partition coefficient (Wildman–Crippen LogP) is 1.77. The smallest absolute Gasteiger partial charge is 0.328 e. The minimum absolute atomic E-state index is 0.159. The molecule has 0 aromatic heterocycles. The third-order valence-electron chi connectivity index (χ3n) is 3.39. The van der Waals surface area contributed by atoms with Gasteiger partial charge in [-0.2, -0.15) is 0 Å². The number of nitrogens with one attached hydrogen (secondary N) is 1. The maximum absolute atomic E-state index is 12.1. The molecule has 0 radical (unpaired) electrons. The summed E-state index contributed by atoms with van der Waals surface area (Å²) < 4.78 is 0. The third kappa shape index (κ3) is 5.39. The number of carbonyl (C=O) groups excluding carboxylic acids is 1. The Balaban J connectivity index is 2.81. The maximum Gasteiger partial charge on any atom is 0.328 e. The number of hydrogen-bond donors (Lipinski definition) is 2. The van der Waals surface area contributed by atoms with E-state index >= 15 is 0 Å². The van der Waals surface area contributed by atoms with E-state index < -0.39 is 5.97 Å². The summed E-state index contributed by atoms with van der Waals surface area (Å²) in [7, 11) is 3.91. The minimum atomic E-state index is -1.01. The molecule has 1 unspecified atom stereocenters. The van der Waals surface area contributed by atoms with E-state index in [1.54, 1.807) is 12.1 Å². The van der Waals surface area contributed by atoms with Gasteiger partial charge in [-0.3, -0.25) is 4.79 Å². The van der Waals surface area contributed by atoms with Gasteiger partial charge in [0, 0.05) is 24.2 Å². The minimum Gasteiger partial charge on any atom is -0.478 e. The first-order valence-corrected chi connectivity index (χ1v) is 6.77. The third-order valence-corrected chi connectivity index (χ3v) is 3.39. The Morgan fingerprint density at radius 1 is 1.38 bits per heavy atom. The molecule has 1 rings (SSSR count). The molecule has 0 fully saturated rings. The van der Waals surface area contributed by atoms with Crippen LogP contribution in [-0.2, 0) is 4.79 Å². The van der Waals surface area contributed by atoms with Crippen molar-refractivity contribution in [3.63, 3.8) is 0 Å². The van der Waals surface area contributed by atoms with Crippen LogP contribution in [0.5, 0.6) is 0 Å². The van der Waals surface area contributed by atoms with Crippen molar-refractivity contribution in [3.05, 3.63) is 41.0 Å². The number of likely N-dealkylation sites (N-methyl/N-ethyl adjacent to an activating group) is 1. The summed E-state index contributed by atoms with van der Waals surface area (Å²) >= 11 is 0. The zero-order valence-corrected chi connectivity index (χ0v) is 12.9. The van der Waals surface area contributed by atoms with Crippen LogP contribution in [0.2, 0.25) is 0 Å². The van der Waals surface area contributed by atoms with Crippen molar-refractivity contribution in [1.29, 1.82) is 0 Å². The molecule has 2 N–H and O–H groups in total. The molecular weight excluding hydrogens is 268 g/mol. The van der Waals surface area contributed by atoms with Crippen molar-refractivity contribution in [3.8, 4) is 0 Å². The lowest BCUT2D eigenvalue weighted by Gasteiger charge is -2.20. The summed E-state index contributed by atoms with van der Waals surface area (Å²) in [6, 6.07) is 5.49. The van der Waals surface area contributed by atoms with Crippen molar-refractivity contribution in [2.75, 3.05) is 20.6 Å². The van der Waals surface area contributed by atoms with Gasteiger partial charge < -0.3 is 15.3 Å². The molecule has 0 saturated carbocycles. The van der Waals surface area contributed by atoms with Crippen LogP contribution in [0.25, 0.3) is 6.08 Å². The summed E-state index contributed by atoms with van der Waals surface area (Å²) in [5.41, 5.74) is 2.17. The van der Waals surface area contributed by atoms with Gasteiger partial charge >= 0.3 is 5.97 Å². The summed E-state index contributed by atoms with van der Waals surface area (Å²) in [5, 5.41) is 11.5. The van der Waals surface area contributed by atoms with E-state index in [0.29, 0.717) is 12.1 Å². The van der Waals surface area contributed by atoms with Crippen LogP contribution in [0.1, 0.15) is 28.4 Å². The lowest BCUT2D eigenvalue weighted by Crippen LogP contribution is -2.38. The van der Waals surface area contributed by atoms with Crippen LogP contribution >= 0.6 is 0 Å². The van der Waals surface area contributed by atoms with Crippen LogP contribution in [-0.4, -0.2) is 48.6 Å². The van der Waals surface area contributed by atoms with Crippen molar-refractivity contribution < 1.29 is 14.7 Å². The summed E-state index contributed by atoms with van der Waals surface area (Å²) in [6.45, 7) is 4.45. The number of amides is 1. The van der Waals surface area contributed by atoms with Gasteiger partial charge in [-0.15, -0.1) is 0 Å². The molecule has 1 atom stereocenters. The molecule has 0 aliphatic heterocycles. The lowest BCUT2D eigenvalue weighted by molar-refractivity contribution is -0.131. The van der Waals surface area contributed by atoms with E-state index in [-0.39, 0.29) is 11.9 Å². The van der Waals surface area contributed by atoms with Gasteiger partial charge in [0.05, 0.1) is 0 Å². The van der Waals surface area contributed by atoms with Gasteiger partial charge in [-0.25, -0.2) is 4.79 Å². The molecule has 114 valence electrons. The molecule has 0 aliphatic rings. The highest BCUT2D eigenvalue weighted by atomic mass is 16.4. The number of benzene rings is 1. The van der Waals surface area contributed by atoms with E-state index in [1.807, 2.05) is 38.9 Å². The topological polar surface area (TPSA) is 69.6 Å². The molecule has 1 aromatic carbocycles. The summed E-state index contributed by atoms with van der Waals surface area (Å²) in [6.07, 6.45) is 2.56. The van der Waals surface area contributed by atoms with Gasteiger partial charge in [0.25, 0.3) is 5.91 Å². The molecule has 0 heterocycles. The van der Waals surface area contributed by atoms with Gasteiger partial charge in [-0.1, -0.05) is 6.07 Å². The van der Waals surface area contributed by atoms with Crippen LogP contribution < -0.4 is 5.32 Å². The SMILES string of the molecule is Cc1ccc(C(=O)NCC(C)N(C)C)cc1/C=C/C(=O)O. The zero-order valence-electron chi connectivity index (χ0n) is 12.9. The second kappa shape index (κ2) is 7.59. The number of carboxylic acids is 1. The highest BCUT2D eigenvalue weighted by molar-refractivity contribution is 5.95. The fourth-order valence-electron chi connectivity index (χ4n) is 1.65. The van der Waals surface area contributed by atoms with Crippen LogP contribution in [0, 0.1) is 6.92 Å². The van der Waals surface area contributed by atoms with E-state index in [2.05, 4.69) is 5.32 Å². The van der Waals surface area contributed by atoms with Crippen molar-refractivity contribution in [1.82, 2.24) is 10.2 Å². The fourth-order valence-corrected chi connectivity index (χ4v) is 1.65. The van der Waals surface area contributed by atoms with Gasteiger partial charge in [0.2, 0.25) is 0 Å². The predicted molar refractivity (Wildman–Crippen MR) is 83.3 cm³/mol. The standard InChI is InChI=1S/C16H22N2O3/c1-11-5-6-14(9-13(11)7-8-15(19)20)16(21)17-10-12(2)18(3)4/h5-9,12H,10H2,1-4H3,(H,17,21)(H,19,20)/b8-7+. The number of hydrogen-bond acceptors (Lipinski definition) is 3. The Morgan fingerprint density at radius 2 is 2.05 bits per heavy atom. The molecule has 5 heteroatoms. The average Bonchev–Trinajstić information content (AvgIpc) is 2.43. The molecule has 21 heavy (non-hydrogen) atoms. The quantitative estimate of drug-likeness (QED) is 0.783. The number of nitrogens with zero attached hydrogens (tertiary/aromatic N) is 1. The Morgan fingerprint density at radius 3 is 2.62 bits per heavy atom. The van der Waals surface area contributed by atoms with Crippen LogP contribution in [0.4, 0.5) is 0 Å². The number of carbonyl (C=O) groups is 2. The highest BCUT2D eigenvalue weighted by Gasteiger charge is 2.10. The first-order chi connectivity index (χ1) is 9.81. The first-order valence-electron chi connectivity index (χ1n) is 6.77. The first kappa shape index (κ1) is 16.9. The Hall–Kier alpha value is -2.14. The Bertz CT molecular complexity index is 550. The average molecular weight is 290 g/mol. The van der Waals surface area contributed by atoms with Crippen molar-refractivity contribution in [2.45, 2.75) is 19.9 Å². The number of aliphatic carboxylic acids is 1. The van der Waals surface area contributed by atoms with E-state index in [9.17, 15) is 9.59 Å². The lowest BCUT2D eigenvalue weighted by atomic mass is 10.0. The maximum atomic E-state index is 12.1. The second-order valence-electron chi connectivity index (χ2n) is 5.27. The largest absolute Gasteiger partial charge is 0.478 e. The van der Waals surface area contributed by atoms with E-state index in [0.717, 1.165) is 17.2 Å². The van der Waals surface area contributed by atoms with E-state index in [4.69, 9.17) is 5.11 Å². The van der Waals surface area contributed by atoms with E-state index in [1.165, 1.54) is 6.08 Å². The van der Waals surface area contributed by atoms with Crippen LogP contribution in [0.15, 0.2) is 24.3 Å². The molecule has 1 aromatic rings. The molecule has 0 saturated heterocycles. The summed E-state index contributed by atoms with van der Waals surface area (Å²) in [4.78, 5) is 24.7. The Kier molecular flexibility index (Phi) is 6.11. The molecule has 0 spiro atoms. The fraction of sp³-hybridized carbons (Fsp3) is 0.375. The summed E-state index contributed by atoms with van der Waals surface area (Å²) in [5.74, 6) is -1.17. The molecule has 1 amide bonds. The van der Waals surface area contributed by atoms with Crippen molar-refractivity contribution >= 4 is 18.0 Å². The second-order valence-corrected chi connectivity index (χ2v) is 5.27. The monoisotopic (exact) mass is 290 g/mol. The normalized spacial score (nSPS) is 12.6. The van der Waals surface area contributed by atoms with Gasteiger partial charge in [0.1, 0.15) is 0 Å². The molecule has 0 aliphatic carbocycles. The van der Waals surface area contributed by atoms with Crippen LogP contribution in [0.3, 0.4) is 0 Å². The zero-order chi connectivity index (χ0) is 16.0. The Labute approximate surface area is 125 Å². The molecular formula is C16H22N2O3. The molecule has 5 nitrogen and oxygen atoms in total. The number of carboxylic acid groups (broad SMARTS) is 1.